The Bertz CT molecular complexity index is 3080. The highest BCUT2D eigenvalue weighted by molar-refractivity contribution is 6.09. The van der Waals surface area contributed by atoms with E-state index in [9.17, 15) is 0 Å². The van der Waals surface area contributed by atoms with Gasteiger partial charge in [0.15, 0.2) is 0 Å². The Hall–Kier alpha value is -7.16. The summed E-state index contributed by atoms with van der Waals surface area (Å²) in [6, 6.07) is 75.6. The molecule has 2 heteroatoms. The fourth-order valence-corrected chi connectivity index (χ4v) is 9.26. The highest BCUT2D eigenvalue weighted by atomic mass is 15.1. The molecular formula is C55H40N2. The highest BCUT2D eigenvalue weighted by Gasteiger charge is 2.35. The molecule has 0 spiro atoms. The van der Waals surface area contributed by atoms with Gasteiger partial charge in [-0.1, -0.05) is 153 Å². The molecule has 1 aliphatic rings. The number of aromatic nitrogens is 1. The first-order chi connectivity index (χ1) is 28.0. The van der Waals surface area contributed by atoms with Crippen molar-refractivity contribution in [1.82, 2.24) is 4.57 Å². The molecule has 0 fully saturated rings. The van der Waals surface area contributed by atoms with Crippen LogP contribution >= 0.6 is 0 Å². The van der Waals surface area contributed by atoms with Crippen molar-refractivity contribution in [3.8, 4) is 39.1 Å². The van der Waals surface area contributed by atoms with Gasteiger partial charge < -0.3 is 9.47 Å². The average Bonchev–Trinajstić information content (AvgIpc) is 3.72. The molecule has 1 heterocycles. The number of hydrogen-bond donors (Lipinski definition) is 0. The first-order valence-corrected chi connectivity index (χ1v) is 19.8. The zero-order valence-electron chi connectivity index (χ0n) is 32.0. The lowest BCUT2D eigenvalue weighted by Crippen LogP contribution is -2.16. The Morgan fingerprint density at radius 2 is 0.860 bits per heavy atom. The second-order valence-corrected chi connectivity index (χ2v) is 15.8. The lowest BCUT2D eigenvalue weighted by Gasteiger charge is -2.28. The second-order valence-electron chi connectivity index (χ2n) is 15.8. The maximum atomic E-state index is 2.41. The summed E-state index contributed by atoms with van der Waals surface area (Å²) in [4.78, 5) is 2.40. The third-order valence-electron chi connectivity index (χ3n) is 12.2. The minimum Gasteiger partial charge on any atom is -0.310 e. The smallest absolute Gasteiger partial charge is 0.0541 e. The molecule has 11 rings (SSSR count). The van der Waals surface area contributed by atoms with Gasteiger partial charge in [0.1, 0.15) is 0 Å². The minimum atomic E-state index is -0.0945. The fourth-order valence-electron chi connectivity index (χ4n) is 9.26. The van der Waals surface area contributed by atoms with Crippen LogP contribution in [0, 0.1) is 0 Å². The van der Waals surface area contributed by atoms with Crippen molar-refractivity contribution in [2.45, 2.75) is 19.3 Å². The van der Waals surface area contributed by atoms with E-state index in [1.54, 1.807) is 0 Å². The van der Waals surface area contributed by atoms with Crippen LogP contribution in [0.2, 0.25) is 0 Å². The van der Waals surface area contributed by atoms with Gasteiger partial charge in [-0.15, -0.1) is 0 Å². The molecule has 0 bridgehead atoms. The molecule has 57 heavy (non-hydrogen) atoms. The third kappa shape index (κ3) is 5.40. The summed E-state index contributed by atoms with van der Waals surface area (Å²) in [7, 11) is 0. The van der Waals surface area contributed by atoms with Crippen molar-refractivity contribution in [1.29, 1.82) is 0 Å². The van der Waals surface area contributed by atoms with Crippen LogP contribution < -0.4 is 4.90 Å². The van der Waals surface area contributed by atoms with Crippen molar-refractivity contribution >= 4 is 49.6 Å². The molecular weight excluding hydrogens is 689 g/mol. The highest BCUT2D eigenvalue weighted by Crippen LogP contribution is 2.50. The minimum absolute atomic E-state index is 0.0945. The van der Waals surface area contributed by atoms with Gasteiger partial charge in [0, 0.05) is 38.9 Å². The Balaban J connectivity index is 0.968. The van der Waals surface area contributed by atoms with Crippen LogP contribution in [0.1, 0.15) is 25.0 Å². The number of nitrogens with zero attached hydrogens (tertiary/aromatic N) is 2. The summed E-state index contributed by atoms with van der Waals surface area (Å²) in [5.74, 6) is 0. The summed E-state index contributed by atoms with van der Waals surface area (Å²) >= 11 is 0. The molecule has 0 saturated carbocycles. The molecule has 0 saturated heterocycles. The summed E-state index contributed by atoms with van der Waals surface area (Å²) < 4.78 is 2.37. The van der Waals surface area contributed by atoms with E-state index < -0.39 is 0 Å². The Morgan fingerprint density at radius 1 is 0.368 bits per heavy atom. The van der Waals surface area contributed by atoms with Crippen LogP contribution in [0.15, 0.2) is 206 Å². The first-order valence-electron chi connectivity index (χ1n) is 19.8. The van der Waals surface area contributed by atoms with Crippen molar-refractivity contribution in [2.24, 2.45) is 0 Å². The van der Waals surface area contributed by atoms with Crippen LogP contribution in [0.4, 0.5) is 17.1 Å². The van der Waals surface area contributed by atoms with E-state index in [4.69, 9.17) is 0 Å². The molecule has 0 unspecified atom stereocenters. The molecule has 0 aliphatic heterocycles. The predicted molar refractivity (Wildman–Crippen MR) is 241 cm³/mol. The molecule has 1 aromatic heterocycles. The van der Waals surface area contributed by atoms with Crippen LogP contribution in [0.5, 0.6) is 0 Å². The van der Waals surface area contributed by atoms with E-state index in [1.807, 2.05) is 0 Å². The molecule has 2 nitrogen and oxygen atoms in total. The fraction of sp³-hybridized carbons (Fsp3) is 0.0545. The van der Waals surface area contributed by atoms with Crippen LogP contribution in [-0.2, 0) is 5.41 Å². The number of fused-ring (bicyclic) bond motifs is 7. The Labute approximate surface area is 333 Å². The lowest BCUT2D eigenvalue weighted by atomic mass is 9.82. The lowest BCUT2D eigenvalue weighted by molar-refractivity contribution is 0.660. The van der Waals surface area contributed by atoms with Gasteiger partial charge in [0.2, 0.25) is 0 Å². The second kappa shape index (κ2) is 13.0. The molecule has 10 aromatic rings. The summed E-state index contributed by atoms with van der Waals surface area (Å²) in [6.45, 7) is 4.71. The van der Waals surface area contributed by atoms with E-state index in [-0.39, 0.29) is 5.41 Å². The summed E-state index contributed by atoms with van der Waals surface area (Å²) in [6.07, 6.45) is 0. The van der Waals surface area contributed by atoms with Crippen molar-refractivity contribution < 1.29 is 0 Å². The van der Waals surface area contributed by atoms with E-state index in [0.29, 0.717) is 0 Å². The van der Waals surface area contributed by atoms with E-state index in [0.717, 1.165) is 22.7 Å². The van der Waals surface area contributed by atoms with Crippen molar-refractivity contribution in [3.05, 3.63) is 217 Å². The normalized spacial score (nSPS) is 12.9. The Kier molecular flexibility index (Phi) is 7.55. The SMILES string of the molecule is CC1(C)c2ccccc2-c2ccc(N(c3ccc(-c4ccc(-n5c6ccccc6c6ccccc65)cc4)cc3)c3ccc(-c4ccc5ccccc5c4)cc3)cc21. The molecule has 1 aliphatic carbocycles. The maximum Gasteiger partial charge on any atom is 0.0541 e. The van der Waals surface area contributed by atoms with Crippen LogP contribution in [0.3, 0.4) is 0 Å². The number of hydrogen-bond acceptors (Lipinski definition) is 1. The number of para-hydroxylation sites is 2. The van der Waals surface area contributed by atoms with E-state index in [2.05, 4.69) is 230 Å². The summed E-state index contributed by atoms with van der Waals surface area (Å²) in [5.41, 5.74) is 17.1. The van der Waals surface area contributed by atoms with Crippen molar-refractivity contribution in [2.75, 3.05) is 4.90 Å². The van der Waals surface area contributed by atoms with Gasteiger partial charge in [0.05, 0.1) is 11.0 Å². The quantitative estimate of drug-likeness (QED) is 0.165. The molecule has 9 aromatic carbocycles. The summed E-state index contributed by atoms with van der Waals surface area (Å²) in [5, 5.41) is 5.06. The number of anilines is 3. The number of benzene rings is 9. The van der Waals surface area contributed by atoms with E-state index >= 15 is 0 Å². The zero-order valence-corrected chi connectivity index (χ0v) is 32.0. The molecule has 0 atom stereocenters. The topological polar surface area (TPSA) is 8.17 Å². The van der Waals surface area contributed by atoms with Crippen LogP contribution in [0.25, 0.3) is 71.6 Å². The van der Waals surface area contributed by atoms with Gasteiger partial charge in [-0.2, -0.15) is 0 Å². The van der Waals surface area contributed by atoms with Crippen LogP contribution in [-0.4, -0.2) is 4.57 Å². The molecule has 0 amide bonds. The van der Waals surface area contributed by atoms with Gasteiger partial charge in [-0.05, 0) is 122 Å². The monoisotopic (exact) mass is 728 g/mol. The zero-order chi connectivity index (χ0) is 38.1. The van der Waals surface area contributed by atoms with Gasteiger partial charge in [-0.3, -0.25) is 0 Å². The predicted octanol–water partition coefficient (Wildman–Crippen LogP) is 15.0. The van der Waals surface area contributed by atoms with E-state index in [1.165, 1.54) is 77.1 Å². The van der Waals surface area contributed by atoms with Gasteiger partial charge in [0.25, 0.3) is 0 Å². The first kappa shape index (κ1) is 33.2. The third-order valence-corrected chi connectivity index (χ3v) is 12.2. The van der Waals surface area contributed by atoms with Gasteiger partial charge in [-0.25, -0.2) is 0 Å². The number of rotatable bonds is 6. The molecule has 0 N–H and O–H groups in total. The molecule has 0 radical (unpaired) electrons. The Morgan fingerprint density at radius 3 is 1.53 bits per heavy atom. The molecule has 270 valence electrons. The van der Waals surface area contributed by atoms with Crippen molar-refractivity contribution in [3.63, 3.8) is 0 Å². The standard InChI is InChI=1S/C55H40N2/c1-55(2)51-16-8-5-13-47(51)48-34-33-46(36-52(48)55)56(44-29-25-40(26-30-44)42-20-19-37-11-3-4-12-41(37)35-42)43-27-21-38(22-28-43)39-23-31-45(32-24-39)57-53-17-9-6-14-49(53)50-15-7-10-18-54(50)57/h3-36H,1-2H3. The maximum absolute atomic E-state index is 2.41. The van der Waals surface area contributed by atoms with Gasteiger partial charge >= 0.3 is 0 Å². The largest absolute Gasteiger partial charge is 0.310 e. The average molecular weight is 729 g/mol.